The van der Waals surface area contributed by atoms with Gasteiger partial charge in [-0.25, -0.2) is 9.31 Å². The van der Waals surface area contributed by atoms with Gasteiger partial charge in [0.15, 0.2) is 0 Å². The Morgan fingerprint density at radius 2 is 2.00 bits per heavy atom. The summed E-state index contributed by atoms with van der Waals surface area (Å²) in [6.45, 7) is 4.10. The largest absolute Gasteiger partial charge is 0.465 e. The summed E-state index contributed by atoms with van der Waals surface area (Å²) >= 11 is 1.17. The van der Waals surface area contributed by atoms with Crippen LogP contribution in [0.4, 0.5) is 0 Å². The normalized spacial score (nSPS) is 10.6. The van der Waals surface area contributed by atoms with Gasteiger partial charge < -0.3 is 9.47 Å². The van der Waals surface area contributed by atoms with E-state index in [1.165, 1.54) is 11.8 Å². The zero-order chi connectivity index (χ0) is 15.2. The molecule has 0 amide bonds. The number of pyridine rings is 1. The first-order valence-electron chi connectivity index (χ1n) is 6.60. The van der Waals surface area contributed by atoms with Gasteiger partial charge in [-0.1, -0.05) is 17.8 Å². The van der Waals surface area contributed by atoms with Crippen LogP contribution in [0.5, 0.6) is 0 Å². The highest BCUT2D eigenvalue weighted by atomic mass is 32.2. The van der Waals surface area contributed by atoms with Crippen molar-refractivity contribution in [3.8, 4) is 0 Å². The average molecular weight is 308 g/mol. The molecular weight excluding hydrogens is 292 g/mol. The van der Waals surface area contributed by atoms with Gasteiger partial charge in [-0.2, -0.15) is 5.10 Å². The van der Waals surface area contributed by atoms with Gasteiger partial charge in [-0.15, -0.1) is 0 Å². The van der Waals surface area contributed by atoms with Crippen LogP contribution in [0.15, 0.2) is 29.4 Å². The molecule has 2 heterocycles. The van der Waals surface area contributed by atoms with Crippen LogP contribution in [0.1, 0.15) is 24.2 Å². The molecule has 0 radical (unpaired) electrons. The number of aromatic nitrogens is 2. The minimum Gasteiger partial charge on any atom is -0.465 e. The lowest BCUT2D eigenvalue weighted by Crippen LogP contribution is -2.08. The van der Waals surface area contributed by atoms with Gasteiger partial charge in [0, 0.05) is 6.20 Å². The van der Waals surface area contributed by atoms with E-state index in [9.17, 15) is 9.59 Å². The van der Waals surface area contributed by atoms with Crippen molar-refractivity contribution in [1.82, 2.24) is 9.61 Å². The molecule has 2 rings (SSSR count). The van der Waals surface area contributed by atoms with E-state index in [2.05, 4.69) is 5.10 Å². The number of fused-ring (bicyclic) bond motifs is 1. The first kappa shape index (κ1) is 15.4. The van der Waals surface area contributed by atoms with Crippen LogP contribution in [0.25, 0.3) is 5.52 Å². The summed E-state index contributed by atoms with van der Waals surface area (Å²) in [6.07, 6.45) is 1.74. The van der Waals surface area contributed by atoms with Crippen LogP contribution in [-0.2, 0) is 14.3 Å². The third kappa shape index (κ3) is 3.55. The second kappa shape index (κ2) is 7.12. The molecule has 0 aliphatic rings. The Morgan fingerprint density at radius 1 is 1.24 bits per heavy atom. The maximum absolute atomic E-state index is 12.1. The predicted molar refractivity (Wildman–Crippen MR) is 78.5 cm³/mol. The van der Waals surface area contributed by atoms with Crippen LogP contribution in [-0.4, -0.2) is 40.5 Å². The lowest BCUT2D eigenvalue weighted by Gasteiger charge is -2.03. The van der Waals surface area contributed by atoms with Gasteiger partial charge in [-0.05, 0) is 26.0 Å². The molecular formula is C14H16N2O4S. The number of ether oxygens (including phenoxy) is 2. The summed E-state index contributed by atoms with van der Waals surface area (Å²) in [5, 5.41) is 4.78. The average Bonchev–Trinajstić information content (AvgIpc) is 2.84. The van der Waals surface area contributed by atoms with E-state index in [1.54, 1.807) is 30.6 Å². The molecule has 0 N–H and O–H groups in total. The van der Waals surface area contributed by atoms with Crippen molar-refractivity contribution in [2.75, 3.05) is 19.0 Å². The van der Waals surface area contributed by atoms with E-state index < -0.39 is 5.97 Å². The Hall–Kier alpha value is -2.02. The van der Waals surface area contributed by atoms with E-state index in [-0.39, 0.29) is 18.3 Å². The van der Waals surface area contributed by atoms with E-state index in [0.717, 1.165) is 0 Å². The number of carbonyl (C=O) groups is 2. The first-order chi connectivity index (χ1) is 10.2. The summed E-state index contributed by atoms with van der Waals surface area (Å²) in [7, 11) is 0. The minimum absolute atomic E-state index is 0.101. The highest BCUT2D eigenvalue weighted by Crippen LogP contribution is 2.26. The number of hydrogen-bond donors (Lipinski definition) is 0. The third-order valence-electron chi connectivity index (χ3n) is 2.62. The Balaban J connectivity index is 2.30. The second-order valence-electron chi connectivity index (χ2n) is 4.02. The molecule has 0 aliphatic carbocycles. The summed E-state index contributed by atoms with van der Waals surface area (Å²) in [5.41, 5.74) is 1.04. The van der Waals surface area contributed by atoms with Crippen molar-refractivity contribution < 1.29 is 19.1 Å². The highest BCUT2D eigenvalue weighted by molar-refractivity contribution is 8.00. The fourth-order valence-corrected chi connectivity index (χ4v) is 2.62. The molecule has 0 saturated carbocycles. The third-order valence-corrected chi connectivity index (χ3v) is 3.56. The molecule has 112 valence electrons. The summed E-state index contributed by atoms with van der Waals surface area (Å²) < 4.78 is 11.5. The quantitative estimate of drug-likeness (QED) is 0.601. The number of esters is 2. The molecule has 2 aromatic rings. The molecule has 2 aromatic heterocycles. The van der Waals surface area contributed by atoms with Crippen LogP contribution >= 0.6 is 11.8 Å². The van der Waals surface area contributed by atoms with E-state index >= 15 is 0 Å². The molecule has 0 spiro atoms. The SMILES string of the molecule is CCOC(=O)CSc1nn2ccccc2c1C(=O)OCC. The second-order valence-corrected chi connectivity index (χ2v) is 4.99. The molecule has 0 saturated heterocycles. The van der Waals surface area contributed by atoms with Crippen LogP contribution in [0.3, 0.4) is 0 Å². The zero-order valence-corrected chi connectivity index (χ0v) is 12.7. The van der Waals surface area contributed by atoms with Gasteiger partial charge in [0.25, 0.3) is 0 Å². The standard InChI is InChI=1S/C14H16N2O4S/c1-3-19-11(17)9-21-13-12(14(18)20-4-2)10-7-5-6-8-16(10)15-13/h5-8H,3-4,9H2,1-2H3. The Bertz CT molecular complexity index is 653. The van der Waals surface area contributed by atoms with Crippen molar-refractivity contribution in [1.29, 1.82) is 0 Å². The van der Waals surface area contributed by atoms with Crippen molar-refractivity contribution in [2.24, 2.45) is 0 Å². The van der Waals surface area contributed by atoms with Crippen LogP contribution in [0.2, 0.25) is 0 Å². The van der Waals surface area contributed by atoms with Crippen molar-refractivity contribution in [2.45, 2.75) is 18.9 Å². The first-order valence-corrected chi connectivity index (χ1v) is 7.58. The van der Waals surface area contributed by atoms with Crippen molar-refractivity contribution in [3.63, 3.8) is 0 Å². The summed E-state index contributed by atoms with van der Waals surface area (Å²) in [4.78, 5) is 23.6. The number of nitrogens with zero attached hydrogens (tertiary/aromatic N) is 2. The van der Waals surface area contributed by atoms with Gasteiger partial charge in [-0.3, -0.25) is 4.79 Å². The van der Waals surface area contributed by atoms with Crippen LogP contribution in [0, 0.1) is 0 Å². The molecule has 0 aliphatic heterocycles. The van der Waals surface area contributed by atoms with E-state index in [1.807, 2.05) is 12.1 Å². The number of rotatable bonds is 6. The van der Waals surface area contributed by atoms with Gasteiger partial charge in [0.1, 0.15) is 10.6 Å². The minimum atomic E-state index is -0.440. The van der Waals surface area contributed by atoms with Crippen molar-refractivity contribution >= 4 is 29.2 Å². The molecule has 0 unspecified atom stereocenters. The Kier molecular flexibility index (Phi) is 5.21. The maximum atomic E-state index is 12.1. The van der Waals surface area contributed by atoms with Gasteiger partial charge >= 0.3 is 11.9 Å². The molecule has 21 heavy (non-hydrogen) atoms. The Labute approximate surface area is 126 Å². The number of hydrogen-bond acceptors (Lipinski definition) is 6. The summed E-state index contributed by atoms with van der Waals surface area (Å²) in [5.74, 6) is -0.677. The molecule has 0 aromatic carbocycles. The molecule has 7 heteroatoms. The summed E-state index contributed by atoms with van der Waals surface area (Å²) in [6, 6.07) is 5.42. The topological polar surface area (TPSA) is 69.9 Å². The molecule has 0 fully saturated rings. The smallest absolute Gasteiger partial charge is 0.343 e. The van der Waals surface area contributed by atoms with E-state index in [0.29, 0.717) is 22.7 Å². The Morgan fingerprint density at radius 3 is 2.71 bits per heavy atom. The molecule has 6 nitrogen and oxygen atoms in total. The lowest BCUT2D eigenvalue weighted by molar-refractivity contribution is -0.139. The predicted octanol–water partition coefficient (Wildman–Crippen LogP) is 2.17. The zero-order valence-electron chi connectivity index (χ0n) is 11.9. The fraction of sp³-hybridized carbons (Fsp3) is 0.357. The lowest BCUT2D eigenvalue weighted by atomic mass is 10.2. The molecule has 0 bridgehead atoms. The highest BCUT2D eigenvalue weighted by Gasteiger charge is 2.21. The van der Waals surface area contributed by atoms with Crippen molar-refractivity contribution in [3.05, 3.63) is 30.0 Å². The van der Waals surface area contributed by atoms with Gasteiger partial charge in [0.2, 0.25) is 0 Å². The van der Waals surface area contributed by atoms with E-state index in [4.69, 9.17) is 9.47 Å². The van der Waals surface area contributed by atoms with Gasteiger partial charge in [0.05, 0.1) is 24.5 Å². The van der Waals surface area contributed by atoms with Crippen LogP contribution < -0.4 is 0 Å². The fourth-order valence-electron chi connectivity index (χ4n) is 1.80. The number of carbonyl (C=O) groups excluding carboxylic acids is 2. The molecule has 0 atom stereocenters. The maximum Gasteiger partial charge on any atom is 0.343 e. The monoisotopic (exact) mass is 308 g/mol. The number of thioether (sulfide) groups is 1.